The molecule has 1 aliphatic heterocycles. The van der Waals surface area contributed by atoms with E-state index >= 15 is 0 Å². The number of rotatable bonds is 4. The summed E-state index contributed by atoms with van der Waals surface area (Å²) in [6.07, 6.45) is 0.785. The Kier molecular flexibility index (Phi) is 5.80. The van der Waals surface area contributed by atoms with Gasteiger partial charge < -0.3 is 9.64 Å². The van der Waals surface area contributed by atoms with Gasteiger partial charge in [0.15, 0.2) is 6.61 Å². The molecule has 1 aliphatic rings. The molecule has 0 spiro atoms. The van der Waals surface area contributed by atoms with E-state index in [1.807, 2.05) is 80.6 Å². The van der Waals surface area contributed by atoms with Crippen LogP contribution in [-0.2, 0) is 16.0 Å². The first-order chi connectivity index (χ1) is 16.4. The summed E-state index contributed by atoms with van der Waals surface area (Å²) in [6.45, 7) is 3.50. The van der Waals surface area contributed by atoms with E-state index in [0.29, 0.717) is 32.7 Å². The van der Waals surface area contributed by atoms with Gasteiger partial charge in [-0.05, 0) is 55.7 Å². The SMILES string of the molecule is Cc1c(-c2cccc(Cl)c2)nc2ccccc2c1C(=O)OCC(=O)N1c2ccccc2C[C@@H]1C. The number of nitrogens with zero attached hydrogens (tertiary/aromatic N) is 2. The highest BCUT2D eigenvalue weighted by Crippen LogP contribution is 2.33. The van der Waals surface area contributed by atoms with Gasteiger partial charge in [-0.1, -0.05) is 60.1 Å². The fourth-order valence-electron chi connectivity index (χ4n) is 4.70. The zero-order chi connectivity index (χ0) is 23.8. The summed E-state index contributed by atoms with van der Waals surface area (Å²) >= 11 is 6.20. The van der Waals surface area contributed by atoms with E-state index in [-0.39, 0.29) is 18.6 Å². The first-order valence-electron chi connectivity index (χ1n) is 11.2. The van der Waals surface area contributed by atoms with Crippen LogP contribution in [0, 0.1) is 6.92 Å². The molecule has 0 bridgehead atoms. The molecule has 1 amide bonds. The average molecular weight is 471 g/mol. The van der Waals surface area contributed by atoms with Gasteiger partial charge >= 0.3 is 5.97 Å². The molecule has 3 aromatic carbocycles. The van der Waals surface area contributed by atoms with E-state index in [4.69, 9.17) is 21.3 Å². The van der Waals surface area contributed by atoms with Crippen molar-refractivity contribution in [2.75, 3.05) is 11.5 Å². The molecule has 1 atom stereocenters. The maximum absolute atomic E-state index is 13.3. The van der Waals surface area contributed by atoms with Crippen molar-refractivity contribution in [2.24, 2.45) is 0 Å². The summed E-state index contributed by atoms with van der Waals surface area (Å²) in [4.78, 5) is 32.9. The molecule has 0 fully saturated rings. The van der Waals surface area contributed by atoms with Crippen LogP contribution < -0.4 is 4.90 Å². The van der Waals surface area contributed by atoms with Crippen LogP contribution in [0.2, 0.25) is 5.02 Å². The third-order valence-corrected chi connectivity index (χ3v) is 6.48. The molecule has 0 saturated heterocycles. The molecule has 0 N–H and O–H groups in total. The number of hydrogen-bond donors (Lipinski definition) is 0. The number of amides is 1. The van der Waals surface area contributed by atoms with Crippen LogP contribution in [0.25, 0.3) is 22.2 Å². The Morgan fingerprint density at radius 2 is 1.82 bits per heavy atom. The molecule has 34 heavy (non-hydrogen) atoms. The number of benzene rings is 3. The minimum absolute atomic E-state index is 0.0153. The van der Waals surface area contributed by atoms with Crippen molar-refractivity contribution < 1.29 is 14.3 Å². The molecule has 0 unspecified atom stereocenters. The highest BCUT2D eigenvalue weighted by atomic mass is 35.5. The van der Waals surface area contributed by atoms with Gasteiger partial charge in [0.2, 0.25) is 0 Å². The number of fused-ring (bicyclic) bond motifs is 2. The monoisotopic (exact) mass is 470 g/mol. The second-order valence-corrected chi connectivity index (χ2v) is 8.95. The Labute approximate surface area is 202 Å². The highest BCUT2D eigenvalue weighted by Gasteiger charge is 2.31. The Bertz CT molecular complexity index is 1430. The molecule has 0 aliphatic carbocycles. The Hall–Kier alpha value is -3.70. The number of esters is 1. The number of hydrogen-bond acceptors (Lipinski definition) is 4. The molecule has 1 aromatic heterocycles. The average Bonchev–Trinajstić information content (AvgIpc) is 3.17. The molecule has 6 heteroatoms. The largest absolute Gasteiger partial charge is 0.452 e. The molecule has 4 aromatic rings. The number of anilines is 1. The van der Waals surface area contributed by atoms with E-state index in [1.54, 1.807) is 11.0 Å². The van der Waals surface area contributed by atoms with Gasteiger partial charge in [0.05, 0.1) is 16.8 Å². The van der Waals surface area contributed by atoms with E-state index in [9.17, 15) is 9.59 Å². The smallest absolute Gasteiger partial charge is 0.339 e. The normalized spacial score (nSPS) is 14.8. The van der Waals surface area contributed by atoms with E-state index in [1.165, 1.54) is 0 Å². The van der Waals surface area contributed by atoms with Crippen LogP contribution in [0.3, 0.4) is 0 Å². The molecule has 5 rings (SSSR count). The van der Waals surface area contributed by atoms with E-state index in [2.05, 4.69) is 0 Å². The van der Waals surface area contributed by atoms with Crippen molar-refractivity contribution in [1.82, 2.24) is 4.98 Å². The minimum Gasteiger partial charge on any atom is -0.452 e. The van der Waals surface area contributed by atoms with Crippen molar-refractivity contribution >= 4 is 40.1 Å². The van der Waals surface area contributed by atoms with Gasteiger partial charge in [-0.3, -0.25) is 4.79 Å². The van der Waals surface area contributed by atoms with Crippen molar-refractivity contribution in [3.05, 3.63) is 94.5 Å². The highest BCUT2D eigenvalue weighted by molar-refractivity contribution is 6.30. The fraction of sp³-hybridized carbons (Fsp3) is 0.179. The third kappa shape index (κ3) is 3.93. The van der Waals surface area contributed by atoms with Gasteiger partial charge in [0.1, 0.15) is 0 Å². The fourth-order valence-corrected chi connectivity index (χ4v) is 4.89. The molecule has 0 saturated carbocycles. The van der Waals surface area contributed by atoms with Crippen molar-refractivity contribution in [2.45, 2.75) is 26.3 Å². The summed E-state index contributed by atoms with van der Waals surface area (Å²) in [7, 11) is 0. The standard InChI is InChI=1S/C28H23ClN2O3/c1-17-14-19-8-3-6-13-24(19)31(17)25(32)16-34-28(33)26-18(2)27(20-9-7-10-21(29)15-20)30-23-12-5-4-11-22(23)26/h3-13,15,17H,14,16H2,1-2H3/t17-/m0/s1. The molecule has 2 heterocycles. The predicted octanol–water partition coefficient (Wildman–Crippen LogP) is 6.00. The Morgan fingerprint density at radius 3 is 2.65 bits per heavy atom. The summed E-state index contributed by atoms with van der Waals surface area (Å²) < 4.78 is 5.59. The summed E-state index contributed by atoms with van der Waals surface area (Å²) in [5, 5.41) is 1.27. The van der Waals surface area contributed by atoms with Gasteiger partial charge in [0.25, 0.3) is 5.91 Å². The van der Waals surface area contributed by atoms with Gasteiger partial charge in [-0.25, -0.2) is 9.78 Å². The van der Waals surface area contributed by atoms with Crippen LogP contribution in [0.4, 0.5) is 5.69 Å². The van der Waals surface area contributed by atoms with Crippen LogP contribution in [0.15, 0.2) is 72.8 Å². The van der Waals surface area contributed by atoms with Crippen molar-refractivity contribution in [1.29, 1.82) is 0 Å². The van der Waals surface area contributed by atoms with Crippen LogP contribution in [-0.4, -0.2) is 29.5 Å². The zero-order valence-electron chi connectivity index (χ0n) is 18.9. The van der Waals surface area contributed by atoms with Crippen molar-refractivity contribution in [3.8, 4) is 11.3 Å². The number of aromatic nitrogens is 1. The lowest BCUT2D eigenvalue weighted by Gasteiger charge is -2.22. The Balaban J connectivity index is 1.46. The third-order valence-electron chi connectivity index (χ3n) is 6.24. The lowest BCUT2D eigenvalue weighted by molar-refractivity contribution is -0.122. The summed E-state index contributed by atoms with van der Waals surface area (Å²) in [5.41, 5.74) is 5.22. The second kappa shape index (κ2) is 8.92. The lowest BCUT2D eigenvalue weighted by atomic mass is 9.98. The lowest BCUT2D eigenvalue weighted by Crippen LogP contribution is -2.38. The van der Waals surface area contributed by atoms with Crippen molar-refractivity contribution in [3.63, 3.8) is 0 Å². The number of para-hydroxylation sites is 2. The maximum atomic E-state index is 13.3. The van der Waals surface area contributed by atoms with Gasteiger partial charge in [0, 0.05) is 27.7 Å². The number of ether oxygens (including phenoxy) is 1. The molecule has 0 radical (unpaired) electrons. The zero-order valence-corrected chi connectivity index (χ0v) is 19.7. The predicted molar refractivity (Wildman–Crippen MR) is 134 cm³/mol. The maximum Gasteiger partial charge on any atom is 0.339 e. The van der Waals surface area contributed by atoms with E-state index in [0.717, 1.165) is 23.2 Å². The number of pyridine rings is 1. The van der Waals surface area contributed by atoms with Gasteiger partial charge in [-0.15, -0.1) is 0 Å². The first kappa shape index (κ1) is 22.1. The second-order valence-electron chi connectivity index (χ2n) is 8.51. The topological polar surface area (TPSA) is 59.5 Å². The van der Waals surface area contributed by atoms with Crippen LogP contribution >= 0.6 is 11.6 Å². The minimum atomic E-state index is -0.548. The quantitative estimate of drug-likeness (QED) is 0.343. The van der Waals surface area contributed by atoms with Gasteiger partial charge in [-0.2, -0.15) is 0 Å². The summed E-state index contributed by atoms with van der Waals surface area (Å²) in [5.74, 6) is -0.787. The molecular formula is C28H23ClN2O3. The van der Waals surface area contributed by atoms with Crippen LogP contribution in [0.5, 0.6) is 0 Å². The Morgan fingerprint density at radius 1 is 1.06 bits per heavy atom. The number of carbonyl (C=O) groups excluding carboxylic acids is 2. The van der Waals surface area contributed by atoms with Crippen LogP contribution in [0.1, 0.15) is 28.4 Å². The molecule has 5 nitrogen and oxygen atoms in total. The first-order valence-corrected chi connectivity index (χ1v) is 11.5. The molecule has 170 valence electrons. The molecular weight excluding hydrogens is 448 g/mol. The number of halogens is 1. The summed E-state index contributed by atoms with van der Waals surface area (Å²) in [6, 6.07) is 22.6. The number of carbonyl (C=O) groups is 2. The van der Waals surface area contributed by atoms with E-state index < -0.39 is 5.97 Å².